The molecular weight excluding hydrogens is 192 g/mol. The minimum Gasteiger partial charge on any atom is -0.299 e. The SMILES string of the molecule is C=CCC(=O)CCCCBr. The smallest absolute Gasteiger partial charge is 0.136 e. The number of Topliss-reactive ketones (excluding diaryl/α,β-unsaturated/α-hetero) is 1. The lowest BCUT2D eigenvalue weighted by Crippen LogP contribution is -1.94. The molecule has 0 radical (unpaired) electrons. The van der Waals surface area contributed by atoms with Crippen molar-refractivity contribution in [2.75, 3.05) is 5.33 Å². The van der Waals surface area contributed by atoms with E-state index in [1.165, 1.54) is 0 Å². The van der Waals surface area contributed by atoms with Gasteiger partial charge in [-0.15, -0.1) is 6.58 Å². The second kappa shape index (κ2) is 7.00. The van der Waals surface area contributed by atoms with Crippen molar-refractivity contribution in [2.24, 2.45) is 0 Å². The molecule has 0 atom stereocenters. The molecule has 58 valence electrons. The third kappa shape index (κ3) is 6.02. The number of rotatable bonds is 6. The zero-order valence-electron chi connectivity index (χ0n) is 6.11. The molecule has 0 heterocycles. The van der Waals surface area contributed by atoms with Crippen LogP contribution in [0.25, 0.3) is 0 Å². The number of allylic oxidation sites excluding steroid dienone is 1. The number of unbranched alkanes of at least 4 members (excludes halogenated alkanes) is 1. The third-order valence-corrected chi connectivity index (χ3v) is 1.77. The normalized spacial score (nSPS) is 9.30. The van der Waals surface area contributed by atoms with Gasteiger partial charge in [0.25, 0.3) is 0 Å². The van der Waals surface area contributed by atoms with Crippen LogP contribution in [-0.4, -0.2) is 11.1 Å². The molecule has 0 saturated carbocycles. The van der Waals surface area contributed by atoms with E-state index in [1.54, 1.807) is 6.08 Å². The van der Waals surface area contributed by atoms with E-state index in [4.69, 9.17) is 0 Å². The Labute approximate surface area is 70.6 Å². The fourth-order valence-corrected chi connectivity index (χ4v) is 1.08. The molecule has 0 aliphatic rings. The summed E-state index contributed by atoms with van der Waals surface area (Å²) in [5.41, 5.74) is 0. The minimum atomic E-state index is 0.302. The second-order valence-corrected chi connectivity index (χ2v) is 2.97. The molecule has 0 aromatic carbocycles. The largest absolute Gasteiger partial charge is 0.299 e. The molecule has 0 spiro atoms. The van der Waals surface area contributed by atoms with Crippen LogP contribution in [0.2, 0.25) is 0 Å². The summed E-state index contributed by atoms with van der Waals surface area (Å²) in [6.07, 6.45) is 4.98. The third-order valence-electron chi connectivity index (χ3n) is 1.21. The Morgan fingerprint density at radius 3 is 2.70 bits per heavy atom. The molecular formula is C8H13BrO. The Morgan fingerprint density at radius 2 is 2.20 bits per heavy atom. The van der Waals surface area contributed by atoms with E-state index in [0.717, 1.165) is 18.2 Å². The molecule has 0 aromatic rings. The molecule has 10 heavy (non-hydrogen) atoms. The number of alkyl halides is 1. The van der Waals surface area contributed by atoms with Gasteiger partial charge in [0.05, 0.1) is 0 Å². The topological polar surface area (TPSA) is 17.1 Å². The first-order valence-corrected chi connectivity index (χ1v) is 4.62. The molecule has 1 nitrogen and oxygen atoms in total. The summed E-state index contributed by atoms with van der Waals surface area (Å²) < 4.78 is 0. The van der Waals surface area contributed by atoms with Gasteiger partial charge in [-0.05, 0) is 12.8 Å². The Morgan fingerprint density at radius 1 is 1.50 bits per heavy atom. The van der Waals surface area contributed by atoms with Crippen LogP contribution >= 0.6 is 15.9 Å². The minimum absolute atomic E-state index is 0.302. The summed E-state index contributed by atoms with van der Waals surface area (Å²) in [4.78, 5) is 10.8. The predicted molar refractivity (Wildman–Crippen MR) is 47.5 cm³/mol. The first-order valence-electron chi connectivity index (χ1n) is 3.49. The van der Waals surface area contributed by atoms with Gasteiger partial charge in [-0.25, -0.2) is 0 Å². The van der Waals surface area contributed by atoms with E-state index in [9.17, 15) is 4.79 Å². The molecule has 0 bridgehead atoms. The lowest BCUT2D eigenvalue weighted by atomic mass is 10.1. The standard InChI is InChI=1S/C8H13BrO/c1-2-5-8(10)6-3-4-7-9/h2H,1,3-7H2. The molecule has 0 aliphatic carbocycles. The van der Waals surface area contributed by atoms with Gasteiger partial charge < -0.3 is 0 Å². The number of halogens is 1. The van der Waals surface area contributed by atoms with Crippen LogP contribution in [-0.2, 0) is 4.79 Å². The van der Waals surface area contributed by atoms with Gasteiger partial charge in [-0.1, -0.05) is 22.0 Å². The van der Waals surface area contributed by atoms with E-state index in [0.29, 0.717) is 18.6 Å². The Bertz CT molecular complexity index is 110. The summed E-state index contributed by atoms with van der Waals surface area (Å²) in [6.45, 7) is 3.50. The van der Waals surface area contributed by atoms with Gasteiger partial charge in [-0.2, -0.15) is 0 Å². The highest BCUT2D eigenvalue weighted by Crippen LogP contribution is 2.01. The van der Waals surface area contributed by atoms with Crippen LogP contribution in [0.1, 0.15) is 25.7 Å². The summed E-state index contributed by atoms with van der Waals surface area (Å²) >= 11 is 3.31. The maximum absolute atomic E-state index is 10.8. The summed E-state index contributed by atoms with van der Waals surface area (Å²) in [5.74, 6) is 0.302. The number of ketones is 1. The fraction of sp³-hybridized carbons (Fsp3) is 0.625. The number of carbonyl (C=O) groups excluding carboxylic acids is 1. The highest BCUT2D eigenvalue weighted by molar-refractivity contribution is 9.09. The Kier molecular flexibility index (Phi) is 6.93. The van der Waals surface area contributed by atoms with Crippen molar-refractivity contribution in [1.82, 2.24) is 0 Å². The van der Waals surface area contributed by atoms with Crippen LogP contribution in [0.5, 0.6) is 0 Å². The lowest BCUT2D eigenvalue weighted by Gasteiger charge is -1.94. The summed E-state index contributed by atoms with van der Waals surface area (Å²) in [7, 11) is 0. The molecule has 0 amide bonds. The van der Waals surface area contributed by atoms with Crippen molar-refractivity contribution in [3.8, 4) is 0 Å². The second-order valence-electron chi connectivity index (χ2n) is 2.18. The molecule has 0 fully saturated rings. The summed E-state index contributed by atoms with van der Waals surface area (Å²) in [6, 6.07) is 0. The van der Waals surface area contributed by atoms with Crippen LogP contribution < -0.4 is 0 Å². The molecule has 0 unspecified atom stereocenters. The molecule has 0 rings (SSSR count). The van der Waals surface area contributed by atoms with Crippen LogP contribution in [0.15, 0.2) is 12.7 Å². The van der Waals surface area contributed by atoms with Crippen molar-refractivity contribution in [3.05, 3.63) is 12.7 Å². The number of hydrogen-bond donors (Lipinski definition) is 0. The van der Waals surface area contributed by atoms with E-state index in [1.807, 2.05) is 0 Å². The maximum atomic E-state index is 10.8. The average Bonchev–Trinajstić information content (AvgIpc) is 1.89. The summed E-state index contributed by atoms with van der Waals surface area (Å²) in [5, 5.41) is 0.994. The molecule has 0 aliphatic heterocycles. The van der Waals surface area contributed by atoms with Gasteiger partial charge in [0, 0.05) is 18.2 Å². The van der Waals surface area contributed by atoms with E-state index in [2.05, 4.69) is 22.5 Å². The van der Waals surface area contributed by atoms with E-state index in [-0.39, 0.29) is 0 Å². The van der Waals surface area contributed by atoms with Crippen molar-refractivity contribution in [2.45, 2.75) is 25.7 Å². The van der Waals surface area contributed by atoms with Gasteiger partial charge >= 0.3 is 0 Å². The molecule has 2 heteroatoms. The van der Waals surface area contributed by atoms with Gasteiger partial charge in [-0.3, -0.25) is 4.79 Å². The molecule has 0 saturated heterocycles. The zero-order valence-corrected chi connectivity index (χ0v) is 7.69. The van der Waals surface area contributed by atoms with Gasteiger partial charge in [0.2, 0.25) is 0 Å². The van der Waals surface area contributed by atoms with Crippen molar-refractivity contribution >= 4 is 21.7 Å². The Balaban J connectivity index is 3.13. The number of hydrogen-bond acceptors (Lipinski definition) is 1. The fourth-order valence-electron chi connectivity index (χ4n) is 0.680. The zero-order chi connectivity index (χ0) is 7.82. The van der Waals surface area contributed by atoms with Gasteiger partial charge in [0.1, 0.15) is 5.78 Å². The average molecular weight is 205 g/mol. The van der Waals surface area contributed by atoms with E-state index >= 15 is 0 Å². The number of carbonyl (C=O) groups is 1. The van der Waals surface area contributed by atoms with Crippen molar-refractivity contribution in [3.63, 3.8) is 0 Å². The van der Waals surface area contributed by atoms with Crippen LogP contribution in [0.4, 0.5) is 0 Å². The van der Waals surface area contributed by atoms with E-state index < -0.39 is 0 Å². The predicted octanol–water partition coefficient (Wildman–Crippen LogP) is 2.70. The Hall–Kier alpha value is -0.110. The van der Waals surface area contributed by atoms with Crippen molar-refractivity contribution in [1.29, 1.82) is 0 Å². The van der Waals surface area contributed by atoms with Crippen LogP contribution in [0.3, 0.4) is 0 Å². The highest BCUT2D eigenvalue weighted by Gasteiger charge is 1.96. The molecule has 0 aromatic heterocycles. The van der Waals surface area contributed by atoms with Crippen molar-refractivity contribution < 1.29 is 4.79 Å². The lowest BCUT2D eigenvalue weighted by molar-refractivity contribution is -0.118. The highest BCUT2D eigenvalue weighted by atomic mass is 79.9. The van der Waals surface area contributed by atoms with Gasteiger partial charge in [0.15, 0.2) is 0 Å². The monoisotopic (exact) mass is 204 g/mol. The molecule has 0 N–H and O–H groups in total. The quantitative estimate of drug-likeness (QED) is 0.370. The van der Waals surface area contributed by atoms with Crippen LogP contribution in [0, 0.1) is 0 Å². The first-order chi connectivity index (χ1) is 4.81. The first kappa shape index (κ1) is 9.89. The maximum Gasteiger partial charge on any atom is 0.136 e.